The zero-order chi connectivity index (χ0) is 15.3. The summed E-state index contributed by atoms with van der Waals surface area (Å²) in [7, 11) is -1.29. The predicted molar refractivity (Wildman–Crippen MR) is 85.4 cm³/mol. The van der Waals surface area contributed by atoms with Crippen LogP contribution in [0.15, 0.2) is 24.3 Å². The molecule has 0 spiro atoms. The summed E-state index contributed by atoms with van der Waals surface area (Å²) in [5, 5.41) is 0. The normalized spacial score (nSPS) is 17.0. The average Bonchev–Trinajstić information content (AvgIpc) is 2.46. The number of nitrogens with one attached hydrogen (secondary N) is 1. The highest BCUT2D eigenvalue weighted by Crippen LogP contribution is 2.19. The van der Waals surface area contributed by atoms with Crippen molar-refractivity contribution in [1.82, 2.24) is 4.90 Å². The lowest BCUT2D eigenvalue weighted by molar-refractivity contribution is 0.270. The van der Waals surface area contributed by atoms with Gasteiger partial charge in [-0.05, 0) is 24.3 Å². The Morgan fingerprint density at radius 1 is 1.14 bits per heavy atom. The second kappa shape index (κ2) is 7.11. The number of hydrogen-bond donors (Lipinski definition) is 1. The third-order valence-electron chi connectivity index (χ3n) is 3.60. The fourth-order valence-corrected chi connectivity index (χ4v) is 2.97. The maximum absolute atomic E-state index is 11.2. The maximum Gasteiger partial charge on any atom is 0.148 e. The Morgan fingerprint density at radius 3 is 2.29 bits per heavy atom. The SMILES string of the molecule is CONc1ccc(N2CCN(CCS(C)(=O)=O)CC2)cc1. The van der Waals surface area contributed by atoms with Gasteiger partial charge in [0.15, 0.2) is 0 Å². The largest absolute Gasteiger partial charge is 0.369 e. The highest BCUT2D eigenvalue weighted by molar-refractivity contribution is 7.90. The third kappa shape index (κ3) is 5.18. The number of benzene rings is 1. The Bertz CT molecular complexity index is 537. The van der Waals surface area contributed by atoms with Crippen LogP contribution >= 0.6 is 0 Å². The van der Waals surface area contributed by atoms with Crippen LogP contribution < -0.4 is 10.4 Å². The molecule has 0 saturated carbocycles. The van der Waals surface area contributed by atoms with Crippen molar-refractivity contribution in [3.63, 3.8) is 0 Å². The van der Waals surface area contributed by atoms with Crippen molar-refractivity contribution in [3.8, 4) is 0 Å². The van der Waals surface area contributed by atoms with Crippen LogP contribution in [0.2, 0.25) is 0 Å². The molecule has 2 rings (SSSR count). The molecular weight excluding hydrogens is 290 g/mol. The molecule has 1 aromatic rings. The monoisotopic (exact) mass is 313 g/mol. The summed E-state index contributed by atoms with van der Waals surface area (Å²) in [4.78, 5) is 9.38. The summed E-state index contributed by atoms with van der Waals surface area (Å²) in [5.74, 6) is 0.240. The molecule has 0 radical (unpaired) electrons. The van der Waals surface area contributed by atoms with E-state index in [9.17, 15) is 8.42 Å². The van der Waals surface area contributed by atoms with Crippen LogP contribution in [0.5, 0.6) is 0 Å². The summed E-state index contributed by atoms with van der Waals surface area (Å²) in [6.45, 7) is 4.26. The van der Waals surface area contributed by atoms with Crippen LogP contribution in [0.1, 0.15) is 0 Å². The number of rotatable bonds is 6. The maximum atomic E-state index is 11.2. The Morgan fingerprint density at radius 2 is 1.76 bits per heavy atom. The van der Waals surface area contributed by atoms with Gasteiger partial charge >= 0.3 is 0 Å². The van der Waals surface area contributed by atoms with Crippen LogP contribution in [0, 0.1) is 0 Å². The average molecular weight is 313 g/mol. The first-order chi connectivity index (χ1) is 9.98. The first-order valence-corrected chi connectivity index (χ1v) is 9.08. The molecule has 0 bridgehead atoms. The number of sulfone groups is 1. The van der Waals surface area contributed by atoms with Crippen LogP contribution in [-0.2, 0) is 14.7 Å². The molecule has 0 aromatic heterocycles. The molecule has 0 aliphatic carbocycles. The van der Waals surface area contributed by atoms with Gasteiger partial charge in [0.2, 0.25) is 0 Å². The highest BCUT2D eigenvalue weighted by Gasteiger charge is 2.18. The van der Waals surface area contributed by atoms with Crippen molar-refractivity contribution in [1.29, 1.82) is 0 Å². The van der Waals surface area contributed by atoms with Crippen molar-refractivity contribution in [2.45, 2.75) is 0 Å². The lowest BCUT2D eigenvalue weighted by Gasteiger charge is -2.36. The van der Waals surface area contributed by atoms with Gasteiger partial charge in [-0.2, -0.15) is 0 Å². The quantitative estimate of drug-likeness (QED) is 0.785. The number of piperazine rings is 1. The summed E-state index contributed by atoms with van der Waals surface area (Å²) in [5.41, 5.74) is 4.90. The van der Waals surface area contributed by atoms with E-state index in [1.807, 2.05) is 12.1 Å². The third-order valence-corrected chi connectivity index (χ3v) is 4.53. The molecule has 21 heavy (non-hydrogen) atoms. The first-order valence-electron chi connectivity index (χ1n) is 7.02. The molecule has 1 fully saturated rings. The fraction of sp³-hybridized carbons (Fsp3) is 0.571. The Hall–Kier alpha value is -1.31. The number of hydrogen-bond acceptors (Lipinski definition) is 6. The minimum absolute atomic E-state index is 0.240. The zero-order valence-corrected chi connectivity index (χ0v) is 13.4. The van der Waals surface area contributed by atoms with Gasteiger partial charge in [-0.3, -0.25) is 15.2 Å². The van der Waals surface area contributed by atoms with E-state index in [-0.39, 0.29) is 5.75 Å². The van der Waals surface area contributed by atoms with Gasteiger partial charge in [0.25, 0.3) is 0 Å². The molecule has 1 N–H and O–H groups in total. The van der Waals surface area contributed by atoms with Crippen molar-refractivity contribution >= 4 is 21.2 Å². The van der Waals surface area contributed by atoms with Crippen molar-refractivity contribution in [2.75, 3.05) is 62.2 Å². The van der Waals surface area contributed by atoms with E-state index >= 15 is 0 Å². The second-order valence-corrected chi connectivity index (χ2v) is 7.57. The van der Waals surface area contributed by atoms with Crippen molar-refractivity contribution in [2.24, 2.45) is 0 Å². The molecule has 1 aliphatic rings. The minimum Gasteiger partial charge on any atom is -0.369 e. The molecule has 1 aromatic carbocycles. The van der Waals surface area contributed by atoms with Crippen LogP contribution in [0.3, 0.4) is 0 Å². The molecule has 1 heterocycles. The smallest absolute Gasteiger partial charge is 0.148 e. The van der Waals surface area contributed by atoms with Crippen LogP contribution in [0.4, 0.5) is 11.4 Å². The van der Waals surface area contributed by atoms with Gasteiger partial charge in [-0.15, -0.1) is 0 Å². The Kier molecular flexibility index (Phi) is 5.44. The summed E-state index contributed by atoms with van der Waals surface area (Å²) >= 11 is 0. The molecule has 0 atom stereocenters. The molecular formula is C14H23N3O3S. The second-order valence-electron chi connectivity index (χ2n) is 5.31. The van der Waals surface area contributed by atoms with E-state index in [1.165, 1.54) is 11.9 Å². The van der Waals surface area contributed by atoms with Crippen LogP contribution in [0.25, 0.3) is 0 Å². The van der Waals surface area contributed by atoms with Crippen LogP contribution in [-0.4, -0.2) is 65.2 Å². The summed E-state index contributed by atoms with van der Waals surface area (Å²) < 4.78 is 22.4. The molecule has 1 saturated heterocycles. The molecule has 118 valence electrons. The van der Waals surface area contributed by atoms with Gasteiger partial charge < -0.3 is 4.90 Å². The molecule has 0 unspecified atom stereocenters. The van der Waals surface area contributed by atoms with Gasteiger partial charge in [-0.1, -0.05) is 0 Å². The van der Waals surface area contributed by atoms with Crippen molar-refractivity contribution in [3.05, 3.63) is 24.3 Å². The standard InChI is InChI=1S/C14H23N3O3S/c1-20-15-13-3-5-14(6-4-13)17-9-7-16(8-10-17)11-12-21(2,18)19/h3-6,15H,7-12H2,1-2H3. The number of anilines is 2. The van der Waals surface area contributed by atoms with Gasteiger partial charge in [0.05, 0.1) is 18.6 Å². The summed E-state index contributed by atoms with van der Waals surface area (Å²) in [6.07, 6.45) is 1.29. The van der Waals surface area contributed by atoms with Gasteiger partial charge in [0.1, 0.15) is 9.84 Å². The summed E-state index contributed by atoms with van der Waals surface area (Å²) in [6, 6.07) is 8.09. The van der Waals surface area contributed by atoms with Gasteiger partial charge in [0, 0.05) is 44.7 Å². The molecule has 0 amide bonds. The lowest BCUT2D eigenvalue weighted by Crippen LogP contribution is -2.47. The lowest BCUT2D eigenvalue weighted by atomic mass is 10.2. The fourth-order valence-electron chi connectivity index (χ4n) is 2.38. The Labute approximate surface area is 126 Å². The van der Waals surface area contributed by atoms with E-state index in [4.69, 9.17) is 4.84 Å². The topological polar surface area (TPSA) is 61.9 Å². The van der Waals surface area contributed by atoms with E-state index in [2.05, 4.69) is 27.4 Å². The molecule has 1 aliphatic heterocycles. The van der Waals surface area contributed by atoms with Crippen molar-refractivity contribution < 1.29 is 13.3 Å². The first kappa shape index (κ1) is 16.1. The van der Waals surface area contributed by atoms with E-state index in [0.29, 0.717) is 6.54 Å². The Balaban J connectivity index is 1.83. The van der Waals surface area contributed by atoms with E-state index < -0.39 is 9.84 Å². The molecule has 6 nitrogen and oxygen atoms in total. The van der Waals surface area contributed by atoms with E-state index in [1.54, 1.807) is 7.11 Å². The predicted octanol–water partition coefficient (Wildman–Crippen LogP) is 0.827. The number of nitrogens with zero attached hydrogens (tertiary/aromatic N) is 2. The minimum atomic E-state index is -2.87. The van der Waals surface area contributed by atoms with E-state index in [0.717, 1.165) is 31.9 Å². The highest BCUT2D eigenvalue weighted by atomic mass is 32.2. The van der Waals surface area contributed by atoms with Gasteiger partial charge in [-0.25, -0.2) is 8.42 Å². The molecule has 7 heteroatoms. The zero-order valence-electron chi connectivity index (χ0n) is 12.6.